The minimum atomic E-state index is -0.987. The molecular weight excluding hydrogens is 428 g/mol. The molecule has 0 spiro atoms. The van der Waals surface area contributed by atoms with Crippen LogP contribution in [0, 0.1) is 6.92 Å². The molecule has 0 radical (unpaired) electrons. The Morgan fingerprint density at radius 1 is 0.912 bits per heavy atom. The van der Waals surface area contributed by atoms with Crippen molar-refractivity contribution < 1.29 is 18.7 Å². The van der Waals surface area contributed by atoms with Crippen molar-refractivity contribution in [3.8, 4) is 11.5 Å². The molecular formula is C28H22N2O4. The number of hydrogen-bond acceptors (Lipinski definition) is 5. The fraction of sp³-hybridized carbons (Fsp3) is 0.107. The van der Waals surface area contributed by atoms with Crippen LogP contribution in [0.4, 0.5) is 5.69 Å². The largest absolute Gasteiger partial charge is 0.449 e. The number of para-hydroxylation sites is 3. The highest BCUT2D eigenvalue weighted by molar-refractivity contribution is 6.10. The van der Waals surface area contributed by atoms with Crippen LogP contribution < -0.4 is 5.32 Å². The quantitative estimate of drug-likeness (QED) is 0.325. The second-order valence-electron chi connectivity index (χ2n) is 8.05. The average molecular weight is 450 g/mol. The van der Waals surface area contributed by atoms with Crippen LogP contribution in [0.15, 0.2) is 89.3 Å². The van der Waals surface area contributed by atoms with E-state index in [9.17, 15) is 9.59 Å². The normalized spacial score (nSPS) is 11.9. The van der Waals surface area contributed by atoms with Gasteiger partial charge in [0.2, 0.25) is 5.89 Å². The van der Waals surface area contributed by atoms with Crippen LogP contribution in [0.3, 0.4) is 0 Å². The van der Waals surface area contributed by atoms with E-state index in [1.54, 1.807) is 25.1 Å². The fourth-order valence-electron chi connectivity index (χ4n) is 3.90. The molecule has 6 heteroatoms. The third kappa shape index (κ3) is 4.01. The molecule has 5 aromatic rings. The zero-order valence-electron chi connectivity index (χ0n) is 18.7. The maximum atomic E-state index is 13.2. The van der Waals surface area contributed by atoms with Crippen molar-refractivity contribution in [3.63, 3.8) is 0 Å². The molecule has 0 aliphatic rings. The standard InChI is InChI=1S/C28H22N2O4/c1-17-9-3-4-14-22(17)29-26(31)18(2)33-28(32)21-13-8-11-19-10-7-12-20(25(19)21)27-30-23-15-5-6-16-24(23)34-27/h3-16,18H,1-2H3,(H,29,31). The number of anilines is 1. The topological polar surface area (TPSA) is 81.4 Å². The van der Waals surface area contributed by atoms with Gasteiger partial charge in [-0.15, -0.1) is 0 Å². The van der Waals surface area contributed by atoms with Crippen LogP contribution in [-0.2, 0) is 9.53 Å². The first-order valence-electron chi connectivity index (χ1n) is 11.0. The number of carbonyl (C=O) groups excluding carboxylic acids is 2. The highest BCUT2D eigenvalue weighted by Gasteiger charge is 2.23. The van der Waals surface area contributed by atoms with Gasteiger partial charge in [0, 0.05) is 16.6 Å². The van der Waals surface area contributed by atoms with Crippen molar-refractivity contribution in [2.75, 3.05) is 5.32 Å². The van der Waals surface area contributed by atoms with Gasteiger partial charge in [-0.25, -0.2) is 9.78 Å². The summed E-state index contributed by atoms with van der Waals surface area (Å²) in [5.74, 6) is -0.582. The number of nitrogens with one attached hydrogen (secondary N) is 1. The first kappa shape index (κ1) is 21.4. The first-order valence-corrected chi connectivity index (χ1v) is 11.0. The van der Waals surface area contributed by atoms with Crippen molar-refractivity contribution in [1.29, 1.82) is 0 Å². The molecule has 1 N–H and O–H groups in total. The van der Waals surface area contributed by atoms with Crippen LogP contribution in [0.5, 0.6) is 0 Å². The van der Waals surface area contributed by atoms with Gasteiger partial charge in [-0.05, 0) is 55.1 Å². The molecule has 168 valence electrons. The predicted molar refractivity (Wildman–Crippen MR) is 132 cm³/mol. The van der Waals surface area contributed by atoms with Crippen molar-refractivity contribution in [2.45, 2.75) is 20.0 Å². The lowest BCUT2D eigenvalue weighted by molar-refractivity contribution is -0.123. The Morgan fingerprint density at radius 2 is 1.65 bits per heavy atom. The van der Waals surface area contributed by atoms with Crippen molar-refractivity contribution >= 4 is 39.4 Å². The third-order valence-corrected chi connectivity index (χ3v) is 5.70. The SMILES string of the molecule is Cc1ccccc1NC(=O)C(C)OC(=O)c1cccc2cccc(-c3nc4ccccc4o3)c12. The fourth-order valence-corrected chi connectivity index (χ4v) is 3.90. The van der Waals surface area contributed by atoms with Crippen molar-refractivity contribution in [2.24, 2.45) is 0 Å². The second-order valence-corrected chi connectivity index (χ2v) is 8.05. The van der Waals surface area contributed by atoms with E-state index >= 15 is 0 Å². The van der Waals surface area contributed by atoms with Crippen LogP contribution in [0.25, 0.3) is 33.3 Å². The number of rotatable bonds is 5. The lowest BCUT2D eigenvalue weighted by Gasteiger charge is -2.16. The number of aromatic nitrogens is 1. The number of carbonyl (C=O) groups is 2. The molecule has 5 rings (SSSR count). The van der Waals surface area contributed by atoms with E-state index in [1.807, 2.05) is 73.7 Å². The molecule has 34 heavy (non-hydrogen) atoms. The summed E-state index contributed by atoms with van der Waals surface area (Å²) in [5, 5.41) is 4.31. The summed E-state index contributed by atoms with van der Waals surface area (Å²) in [4.78, 5) is 30.5. The van der Waals surface area contributed by atoms with Crippen molar-refractivity contribution in [3.05, 3.63) is 96.1 Å². The summed E-state index contributed by atoms with van der Waals surface area (Å²) < 4.78 is 11.5. The summed E-state index contributed by atoms with van der Waals surface area (Å²) in [6.45, 7) is 3.45. The molecule has 0 fully saturated rings. The molecule has 0 aliphatic heterocycles. The van der Waals surface area contributed by atoms with Crippen LogP contribution in [-0.4, -0.2) is 23.0 Å². The van der Waals surface area contributed by atoms with E-state index in [2.05, 4.69) is 10.3 Å². The molecule has 1 unspecified atom stereocenters. The summed E-state index contributed by atoms with van der Waals surface area (Å²) in [5.41, 5.74) is 4.02. The molecule has 4 aromatic carbocycles. The Labute approximate surface area is 196 Å². The van der Waals surface area contributed by atoms with Gasteiger partial charge in [-0.1, -0.05) is 54.6 Å². The zero-order valence-corrected chi connectivity index (χ0v) is 18.7. The van der Waals surface area contributed by atoms with Gasteiger partial charge in [-0.3, -0.25) is 4.79 Å². The first-order chi connectivity index (χ1) is 16.5. The van der Waals surface area contributed by atoms with Gasteiger partial charge in [-0.2, -0.15) is 0 Å². The third-order valence-electron chi connectivity index (χ3n) is 5.70. The summed E-state index contributed by atoms with van der Waals surface area (Å²) in [6, 6.07) is 26.0. The number of esters is 1. The van der Waals surface area contributed by atoms with Gasteiger partial charge in [0.05, 0.1) is 5.56 Å². The minimum Gasteiger partial charge on any atom is -0.449 e. The molecule has 1 heterocycles. The van der Waals surface area contributed by atoms with Gasteiger partial charge in [0.25, 0.3) is 5.91 Å². The van der Waals surface area contributed by atoms with E-state index in [-0.39, 0.29) is 0 Å². The predicted octanol–water partition coefficient (Wildman–Crippen LogP) is 6.14. The number of fused-ring (bicyclic) bond motifs is 2. The van der Waals surface area contributed by atoms with Crippen LogP contribution in [0.2, 0.25) is 0 Å². The van der Waals surface area contributed by atoms with Gasteiger partial charge < -0.3 is 14.5 Å². The smallest absolute Gasteiger partial charge is 0.339 e. The molecule has 1 atom stereocenters. The number of ether oxygens (including phenoxy) is 1. The molecule has 0 bridgehead atoms. The van der Waals surface area contributed by atoms with E-state index in [4.69, 9.17) is 9.15 Å². The maximum absolute atomic E-state index is 13.2. The number of aryl methyl sites for hydroxylation is 1. The van der Waals surface area contributed by atoms with Gasteiger partial charge in [0.1, 0.15) is 5.52 Å². The lowest BCUT2D eigenvalue weighted by atomic mass is 9.99. The maximum Gasteiger partial charge on any atom is 0.339 e. The number of nitrogens with zero attached hydrogens (tertiary/aromatic N) is 1. The Hall–Kier alpha value is -4.45. The van der Waals surface area contributed by atoms with E-state index in [0.29, 0.717) is 33.7 Å². The van der Waals surface area contributed by atoms with Crippen molar-refractivity contribution in [1.82, 2.24) is 4.98 Å². The molecule has 1 amide bonds. The zero-order chi connectivity index (χ0) is 23.7. The summed E-state index contributed by atoms with van der Waals surface area (Å²) >= 11 is 0. The Bertz CT molecular complexity index is 1500. The highest BCUT2D eigenvalue weighted by Crippen LogP contribution is 2.33. The average Bonchev–Trinajstić information content (AvgIpc) is 3.28. The molecule has 6 nitrogen and oxygen atoms in total. The van der Waals surface area contributed by atoms with Gasteiger partial charge >= 0.3 is 5.97 Å². The van der Waals surface area contributed by atoms with E-state index in [1.165, 1.54) is 0 Å². The van der Waals surface area contributed by atoms with Crippen LogP contribution >= 0.6 is 0 Å². The summed E-state index contributed by atoms with van der Waals surface area (Å²) in [7, 11) is 0. The Morgan fingerprint density at radius 3 is 2.44 bits per heavy atom. The highest BCUT2D eigenvalue weighted by atomic mass is 16.5. The number of benzene rings is 4. The second kappa shape index (κ2) is 8.83. The van der Waals surface area contributed by atoms with E-state index in [0.717, 1.165) is 16.5 Å². The molecule has 0 saturated carbocycles. The monoisotopic (exact) mass is 450 g/mol. The summed E-state index contributed by atoms with van der Waals surface area (Å²) in [6.07, 6.45) is -0.987. The molecule has 0 saturated heterocycles. The Balaban J connectivity index is 1.47. The lowest BCUT2D eigenvalue weighted by Crippen LogP contribution is -2.30. The molecule has 1 aromatic heterocycles. The molecule has 0 aliphatic carbocycles. The number of oxazole rings is 1. The Kier molecular flexibility index (Phi) is 5.55. The van der Waals surface area contributed by atoms with Crippen LogP contribution in [0.1, 0.15) is 22.8 Å². The van der Waals surface area contributed by atoms with E-state index < -0.39 is 18.0 Å². The minimum absolute atomic E-state index is 0.339. The number of hydrogen-bond donors (Lipinski definition) is 1. The van der Waals surface area contributed by atoms with Gasteiger partial charge in [0.15, 0.2) is 11.7 Å². The number of amides is 1.